The average Bonchev–Trinajstić information content (AvgIpc) is 3.70. The first-order valence-corrected chi connectivity index (χ1v) is 19.9. The van der Waals surface area contributed by atoms with Gasteiger partial charge in [-0.3, -0.25) is 0 Å². The Morgan fingerprint density at radius 2 is 0.964 bits per heavy atom. The van der Waals surface area contributed by atoms with Gasteiger partial charge in [0.1, 0.15) is 0 Å². The van der Waals surface area contributed by atoms with E-state index in [4.69, 9.17) is 15.0 Å². The Labute approximate surface area is 321 Å². The second kappa shape index (κ2) is 11.4. The van der Waals surface area contributed by atoms with Crippen molar-refractivity contribution in [2.45, 2.75) is 49.4 Å². The SMILES string of the molecule is N#Cc1ccc2c(c1)-c1ccc(-c3nc(-c4ccccc4)nc(-c4ccc(C56C[C@H]7C[C@@H](C5)C[C@@H](C6)C7)cc4)n3)cc1C21c2ccccc2-c2ccccc21. The summed E-state index contributed by atoms with van der Waals surface area (Å²) >= 11 is 0. The zero-order chi connectivity index (χ0) is 36.3. The van der Waals surface area contributed by atoms with Crippen molar-refractivity contribution in [3.63, 3.8) is 0 Å². The third-order valence-electron chi connectivity index (χ3n) is 13.9. The Kier molecular flexibility index (Phi) is 6.48. The fraction of sp³-hybridized carbons (Fsp3) is 0.216. The Bertz CT molecular complexity index is 2680. The number of benzene rings is 6. The summed E-state index contributed by atoms with van der Waals surface area (Å²) in [5.41, 5.74) is 14.6. The van der Waals surface area contributed by atoms with E-state index in [1.165, 1.54) is 77.5 Å². The van der Waals surface area contributed by atoms with Crippen LogP contribution in [0.4, 0.5) is 0 Å². The lowest BCUT2D eigenvalue weighted by molar-refractivity contribution is -0.00518. The van der Waals surface area contributed by atoms with Gasteiger partial charge in [0, 0.05) is 16.7 Å². The van der Waals surface area contributed by atoms with E-state index in [2.05, 4.69) is 121 Å². The van der Waals surface area contributed by atoms with E-state index in [0.29, 0.717) is 28.5 Å². The minimum absolute atomic E-state index is 0.343. The number of rotatable bonds is 4. The number of aromatic nitrogens is 3. The van der Waals surface area contributed by atoms with Crippen LogP contribution in [0.25, 0.3) is 56.4 Å². The molecular formula is C51H38N4. The number of nitriles is 1. The highest BCUT2D eigenvalue weighted by Gasteiger charge is 2.53. The molecule has 1 heterocycles. The van der Waals surface area contributed by atoms with Crippen molar-refractivity contribution in [1.82, 2.24) is 15.0 Å². The van der Waals surface area contributed by atoms with E-state index in [1.54, 1.807) is 0 Å². The van der Waals surface area contributed by atoms with Gasteiger partial charge in [-0.25, -0.2) is 15.0 Å². The van der Waals surface area contributed by atoms with Crippen molar-refractivity contribution in [1.29, 1.82) is 5.26 Å². The molecule has 6 aromatic carbocycles. The van der Waals surface area contributed by atoms with Gasteiger partial charge in [-0.2, -0.15) is 5.26 Å². The van der Waals surface area contributed by atoms with Crippen LogP contribution in [0.3, 0.4) is 0 Å². The molecule has 1 spiro atoms. The quantitative estimate of drug-likeness (QED) is 0.183. The van der Waals surface area contributed by atoms with Gasteiger partial charge in [-0.05, 0) is 130 Å². The van der Waals surface area contributed by atoms with Crippen molar-refractivity contribution in [2.24, 2.45) is 17.8 Å². The van der Waals surface area contributed by atoms with Crippen molar-refractivity contribution in [3.8, 4) is 62.5 Å². The first-order valence-electron chi connectivity index (χ1n) is 19.9. The van der Waals surface area contributed by atoms with Crippen molar-refractivity contribution < 1.29 is 0 Å². The van der Waals surface area contributed by atoms with Gasteiger partial charge in [-0.1, -0.05) is 121 Å². The van der Waals surface area contributed by atoms with Crippen LogP contribution in [-0.2, 0) is 10.8 Å². The molecular weight excluding hydrogens is 669 g/mol. The fourth-order valence-electron chi connectivity index (χ4n) is 12.1. The van der Waals surface area contributed by atoms with Gasteiger partial charge in [0.05, 0.1) is 17.0 Å². The zero-order valence-corrected chi connectivity index (χ0v) is 30.5. The molecule has 4 fully saturated rings. The van der Waals surface area contributed by atoms with Gasteiger partial charge < -0.3 is 0 Å². The molecule has 7 aromatic rings. The molecule has 0 N–H and O–H groups in total. The lowest BCUT2D eigenvalue weighted by atomic mass is 9.48. The highest BCUT2D eigenvalue weighted by molar-refractivity contribution is 5.96. The maximum absolute atomic E-state index is 9.98. The summed E-state index contributed by atoms with van der Waals surface area (Å²) < 4.78 is 0. The molecule has 0 radical (unpaired) electrons. The van der Waals surface area contributed by atoms with Gasteiger partial charge in [0.15, 0.2) is 17.5 Å². The van der Waals surface area contributed by atoms with Crippen LogP contribution >= 0.6 is 0 Å². The highest BCUT2D eigenvalue weighted by atomic mass is 15.0. The number of hydrogen-bond donors (Lipinski definition) is 0. The summed E-state index contributed by atoms with van der Waals surface area (Å²) in [6.07, 6.45) is 8.39. The lowest BCUT2D eigenvalue weighted by Crippen LogP contribution is -2.48. The Morgan fingerprint density at radius 3 is 1.58 bits per heavy atom. The van der Waals surface area contributed by atoms with Crippen LogP contribution in [0.5, 0.6) is 0 Å². The third-order valence-corrected chi connectivity index (χ3v) is 13.9. The first kappa shape index (κ1) is 31.2. The summed E-state index contributed by atoms with van der Waals surface area (Å²) in [6.45, 7) is 0. The standard InChI is InChI=1S/C51H38N4/c52-30-31-14-21-45-42(25-31)41-20-17-37(26-46(41)51(45)43-12-6-4-10-39(43)40-11-5-7-13-44(40)51)49-54-47(35-8-2-1-3-9-35)53-48(55-49)36-15-18-38(19-16-36)50-27-32-22-33(28-50)24-34(23-32)29-50/h1-21,25-26,32-34H,22-24,27-29H2/t32-,33+,34-,50?. The maximum atomic E-state index is 9.98. The van der Waals surface area contributed by atoms with E-state index in [0.717, 1.165) is 45.6 Å². The van der Waals surface area contributed by atoms with Gasteiger partial charge in [0.2, 0.25) is 0 Å². The largest absolute Gasteiger partial charge is 0.208 e. The van der Waals surface area contributed by atoms with Crippen LogP contribution < -0.4 is 0 Å². The average molecular weight is 707 g/mol. The number of fused-ring (bicyclic) bond motifs is 10. The molecule has 0 atom stereocenters. The van der Waals surface area contributed by atoms with E-state index in [1.807, 2.05) is 24.3 Å². The van der Waals surface area contributed by atoms with Crippen molar-refractivity contribution in [2.75, 3.05) is 0 Å². The summed E-state index contributed by atoms with van der Waals surface area (Å²) in [5.74, 6) is 4.73. The molecule has 0 amide bonds. The molecule has 0 aliphatic heterocycles. The topological polar surface area (TPSA) is 62.5 Å². The van der Waals surface area contributed by atoms with Crippen LogP contribution in [0, 0.1) is 29.1 Å². The van der Waals surface area contributed by atoms with E-state index in [-0.39, 0.29) is 0 Å². The van der Waals surface area contributed by atoms with Crippen LogP contribution in [0.1, 0.15) is 71.9 Å². The Morgan fingerprint density at radius 1 is 0.455 bits per heavy atom. The normalized spacial score (nSPS) is 22.9. The molecule has 6 aliphatic carbocycles. The molecule has 55 heavy (non-hydrogen) atoms. The molecule has 6 aliphatic rings. The monoisotopic (exact) mass is 706 g/mol. The number of nitrogens with zero attached hydrogens (tertiary/aromatic N) is 4. The van der Waals surface area contributed by atoms with Gasteiger partial charge in [0.25, 0.3) is 0 Å². The molecule has 4 heteroatoms. The fourth-order valence-corrected chi connectivity index (χ4v) is 12.1. The van der Waals surface area contributed by atoms with E-state index in [9.17, 15) is 5.26 Å². The molecule has 4 nitrogen and oxygen atoms in total. The molecule has 4 bridgehead atoms. The Balaban J connectivity index is 1.03. The summed E-state index contributed by atoms with van der Waals surface area (Å²) in [5, 5.41) is 9.98. The van der Waals surface area contributed by atoms with E-state index >= 15 is 0 Å². The number of hydrogen-bond acceptors (Lipinski definition) is 4. The van der Waals surface area contributed by atoms with E-state index < -0.39 is 5.41 Å². The van der Waals surface area contributed by atoms with Crippen LogP contribution in [-0.4, -0.2) is 15.0 Å². The zero-order valence-electron chi connectivity index (χ0n) is 30.5. The predicted molar refractivity (Wildman–Crippen MR) is 217 cm³/mol. The molecule has 0 unspecified atom stereocenters. The lowest BCUT2D eigenvalue weighted by Gasteiger charge is -2.57. The molecule has 13 rings (SSSR count). The summed E-state index contributed by atoms with van der Waals surface area (Å²) in [4.78, 5) is 15.6. The summed E-state index contributed by atoms with van der Waals surface area (Å²) in [7, 11) is 0. The first-order chi connectivity index (χ1) is 27.1. The molecule has 4 saturated carbocycles. The highest BCUT2D eigenvalue weighted by Crippen LogP contribution is 2.63. The molecule has 0 saturated heterocycles. The van der Waals surface area contributed by atoms with Gasteiger partial charge >= 0.3 is 0 Å². The maximum Gasteiger partial charge on any atom is 0.164 e. The van der Waals surface area contributed by atoms with Crippen LogP contribution in [0.2, 0.25) is 0 Å². The Hall–Kier alpha value is -6.18. The second-order valence-electron chi connectivity index (χ2n) is 16.9. The van der Waals surface area contributed by atoms with Crippen LogP contribution in [0.15, 0.2) is 140 Å². The minimum atomic E-state index is -0.535. The van der Waals surface area contributed by atoms with Crippen molar-refractivity contribution in [3.05, 3.63) is 173 Å². The minimum Gasteiger partial charge on any atom is -0.208 e. The molecule has 1 aromatic heterocycles. The smallest absolute Gasteiger partial charge is 0.164 e. The predicted octanol–water partition coefficient (Wildman–Crippen LogP) is 11.6. The van der Waals surface area contributed by atoms with Gasteiger partial charge in [-0.15, -0.1) is 0 Å². The molecule has 262 valence electrons. The summed E-state index contributed by atoms with van der Waals surface area (Å²) in [6, 6.07) is 52.4. The second-order valence-corrected chi connectivity index (χ2v) is 16.9. The van der Waals surface area contributed by atoms with Crippen molar-refractivity contribution >= 4 is 0 Å². The third kappa shape index (κ3) is 4.41.